The third-order valence-corrected chi connectivity index (χ3v) is 2.95. The summed E-state index contributed by atoms with van der Waals surface area (Å²) in [6.45, 7) is 6.17. The van der Waals surface area contributed by atoms with Crippen LogP contribution in [0.25, 0.3) is 0 Å². The fourth-order valence-corrected chi connectivity index (χ4v) is 2.21. The van der Waals surface area contributed by atoms with E-state index in [1.54, 1.807) is 11.9 Å². The van der Waals surface area contributed by atoms with Crippen LogP contribution in [0.4, 0.5) is 0 Å². The summed E-state index contributed by atoms with van der Waals surface area (Å²) in [6.07, 6.45) is 0. The Balaban J connectivity index is 3.15. The number of hydrogen-bond donors (Lipinski definition) is 0. The zero-order chi connectivity index (χ0) is 10.9. The highest BCUT2D eigenvalue weighted by molar-refractivity contribution is 6.08. The molecule has 0 aliphatic carbocycles. The highest BCUT2D eigenvalue weighted by Crippen LogP contribution is 2.29. The molecule has 0 N–H and O–H groups in total. The Hall–Kier alpha value is -0.900. The van der Waals surface area contributed by atoms with Crippen molar-refractivity contribution in [3.05, 3.63) is 0 Å². The molecule has 0 bridgehead atoms. The average molecular weight is 199 g/mol. The SMILES string of the molecule is CC(=O)C1(C(C)C)C(=O)OCCN1C. The summed E-state index contributed by atoms with van der Waals surface area (Å²) < 4.78 is 4.99. The molecule has 0 radical (unpaired) electrons. The van der Waals surface area contributed by atoms with Crippen molar-refractivity contribution in [2.24, 2.45) is 5.92 Å². The second-order valence-electron chi connectivity index (χ2n) is 4.03. The van der Waals surface area contributed by atoms with Gasteiger partial charge in [-0.2, -0.15) is 0 Å². The third kappa shape index (κ3) is 1.34. The Morgan fingerprint density at radius 2 is 2.14 bits per heavy atom. The van der Waals surface area contributed by atoms with E-state index in [9.17, 15) is 9.59 Å². The maximum atomic E-state index is 11.7. The van der Waals surface area contributed by atoms with Crippen molar-refractivity contribution in [1.29, 1.82) is 0 Å². The molecule has 0 aromatic heterocycles. The van der Waals surface area contributed by atoms with E-state index in [1.165, 1.54) is 6.92 Å². The van der Waals surface area contributed by atoms with Crippen molar-refractivity contribution >= 4 is 11.8 Å². The Kier molecular flexibility index (Phi) is 2.95. The second kappa shape index (κ2) is 3.69. The zero-order valence-corrected chi connectivity index (χ0v) is 9.16. The molecule has 1 saturated heterocycles. The van der Waals surface area contributed by atoms with Gasteiger partial charge in [-0.15, -0.1) is 0 Å². The molecule has 14 heavy (non-hydrogen) atoms. The predicted molar refractivity (Wildman–Crippen MR) is 51.8 cm³/mol. The van der Waals surface area contributed by atoms with Gasteiger partial charge in [0.25, 0.3) is 0 Å². The van der Waals surface area contributed by atoms with Crippen LogP contribution in [0.2, 0.25) is 0 Å². The lowest BCUT2D eigenvalue weighted by Crippen LogP contribution is -2.65. The molecule has 1 atom stereocenters. The van der Waals surface area contributed by atoms with Crippen molar-refractivity contribution in [2.75, 3.05) is 20.2 Å². The standard InChI is InChI=1S/C10H17NO3/c1-7(2)10(8(3)12)9(13)14-6-5-11(10)4/h7H,5-6H2,1-4H3. The van der Waals surface area contributed by atoms with Crippen molar-refractivity contribution in [3.63, 3.8) is 0 Å². The van der Waals surface area contributed by atoms with E-state index in [2.05, 4.69) is 0 Å². The molecule has 1 aliphatic rings. The molecule has 4 heteroatoms. The molecule has 0 saturated carbocycles. The Bertz CT molecular complexity index is 262. The minimum atomic E-state index is -1.07. The van der Waals surface area contributed by atoms with Gasteiger partial charge in [0.15, 0.2) is 11.3 Å². The number of carbonyl (C=O) groups is 2. The molecule has 0 amide bonds. The van der Waals surface area contributed by atoms with E-state index in [0.29, 0.717) is 13.2 Å². The van der Waals surface area contributed by atoms with Crippen LogP contribution < -0.4 is 0 Å². The van der Waals surface area contributed by atoms with E-state index in [-0.39, 0.29) is 11.7 Å². The first-order chi connectivity index (χ1) is 6.44. The maximum Gasteiger partial charge on any atom is 0.334 e. The van der Waals surface area contributed by atoms with Crippen LogP contribution in [0.1, 0.15) is 20.8 Å². The lowest BCUT2D eigenvalue weighted by atomic mass is 9.80. The minimum absolute atomic E-state index is 0.0715. The number of ether oxygens (including phenoxy) is 1. The lowest BCUT2D eigenvalue weighted by molar-refractivity contribution is -0.174. The van der Waals surface area contributed by atoms with Crippen LogP contribution in [-0.4, -0.2) is 42.4 Å². The molecule has 1 aliphatic heterocycles. The normalized spacial score (nSPS) is 29.1. The third-order valence-electron chi connectivity index (χ3n) is 2.95. The summed E-state index contributed by atoms with van der Waals surface area (Å²) in [7, 11) is 1.79. The van der Waals surface area contributed by atoms with Gasteiger partial charge in [0.05, 0.1) is 0 Å². The molecular formula is C10H17NO3. The number of carbonyl (C=O) groups excluding carboxylic acids is 2. The number of cyclic esters (lactones) is 1. The molecular weight excluding hydrogens is 182 g/mol. The molecule has 80 valence electrons. The van der Waals surface area contributed by atoms with E-state index < -0.39 is 11.5 Å². The monoisotopic (exact) mass is 199 g/mol. The molecule has 1 heterocycles. The Labute approximate surface area is 84.2 Å². The molecule has 0 aromatic rings. The van der Waals surface area contributed by atoms with Gasteiger partial charge in [-0.25, -0.2) is 4.79 Å². The van der Waals surface area contributed by atoms with Gasteiger partial charge in [-0.1, -0.05) is 13.8 Å². The van der Waals surface area contributed by atoms with Gasteiger partial charge in [-0.05, 0) is 19.9 Å². The van der Waals surface area contributed by atoms with Crippen LogP contribution >= 0.6 is 0 Å². The fourth-order valence-electron chi connectivity index (χ4n) is 2.21. The zero-order valence-electron chi connectivity index (χ0n) is 9.16. The van der Waals surface area contributed by atoms with Gasteiger partial charge in [0.1, 0.15) is 6.61 Å². The average Bonchev–Trinajstić information content (AvgIpc) is 2.02. The second-order valence-corrected chi connectivity index (χ2v) is 4.03. The molecule has 1 rings (SSSR count). The summed E-state index contributed by atoms with van der Waals surface area (Å²) in [5, 5.41) is 0. The van der Waals surface area contributed by atoms with Crippen molar-refractivity contribution < 1.29 is 14.3 Å². The van der Waals surface area contributed by atoms with Gasteiger partial charge >= 0.3 is 5.97 Å². The summed E-state index contributed by atoms with van der Waals surface area (Å²) in [6, 6.07) is 0. The predicted octanol–water partition coefficient (Wildman–Crippen LogP) is 0.459. The van der Waals surface area contributed by atoms with E-state index in [1.807, 2.05) is 13.8 Å². The van der Waals surface area contributed by atoms with Crippen LogP contribution in [-0.2, 0) is 14.3 Å². The number of likely N-dealkylation sites (N-methyl/N-ethyl adjacent to an activating group) is 1. The number of hydrogen-bond acceptors (Lipinski definition) is 4. The van der Waals surface area contributed by atoms with E-state index in [0.717, 1.165) is 0 Å². The molecule has 0 aromatic carbocycles. The van der Waals surface area contributed by atoms with Gasteiger partial charge in [-0.3, -0.25) is 9.69 Å². The van der Waals surface area contributed by atoms with E-state index >= 15 is 0 Å². The molecule has 1 unspecified atom stereocenters. The first kappa shape index (κ1) is 11.2. The molecule has 0 spiro atoms. The van der Waals surface area contributed by atoms with E-state index in [4.69, 9.17) is 4.74 Å². The number of nitrogens with zero attached hydrogens (tertiary/aromatic N) is 1. The van der Waals surface area contributed by atoms with Crippen LogP contribution in [0.5, 0.6) is 0 Å². The highest BCUT2D eigenvalue weighted by atomic mass is 16.5. The minimum Gasteiger partial charge on any atom is -0.463 e. The van der Waals surface area contributed by atoms with Crippen molar-refractivity contribution in [2.45, 2.75) is 26.3 Å². The van der Waals surface area contributed by atoms with Gasteiger partial charge < -0.3 is 4.74 Å². The fraction of sp³-hybridized carbons (Fsp3) is 0.800. The number of esters is 1. The number of Topliss-reactive ketones (excluding diaryl/α,β-unsaturated/α-hetero) is 1. The van der Waals surface area contributed by atoms with Gasteiger partial charge in [0, 0.05) is 6.54 Å². The number of rotatable bonds is 2. The largest absolute Gasteiger partial charge is 0.463 e. The summed E-state index contributed by atoms with van der Waals surface area (Å²) in [4.78, 5) is 25.2. The highest BCUT2D eigenvalue weighted by Gasteiger charge is 2.52. The molecule has 4 nitrogen and oxygen atoms in total. The Morgan fingerprint density at radius 1 is 1.57 bits per heavy atom. The first-order valence-corrected chi connectivity index (χ1v) is 4.83. The van der Waals surface area contributed by atoms with Gasteiger partial charge in [0.2, 0.25) is 0 Å². The number of ketones is 1. The van der Waals surface area contributed by atoms with Crippen molar-refractivity contribution in [3.8, 4) is 0 Å². The van der Waals surface area contributed by atoms with Crippen molar-refractivity contribution in [1.82, 2.24) is 4.90 Å². The Morgan fingerprint density at radius 3 is 2.43 bits per heavy atom. The van der Waals surface area contributed by atoms with Crippen LogP contribution in [0.3, 0.4) is 0 Å². The molecule has 1 fully saturated rings. The lowest BCUT2D eigenvalue weighted by Gasteiger charge is -2.43. The van der Waals surface area contributed by atoms with Crippen LogP contribution in [0.15, 0.2) is 0 Å². The summed E-state index contributed by atoms with van der Waals surface area (Å²) in [5.41, 5.74) is -1.07. The van der Waals surface area contributed by atoms with Crippen LogP contribution in [0, 0.1) is 5.92 Å². The summed E-state index contributed by atoms with van der Waals surface area (Å²) in [5.74, 6) is -0.619. The maximum absolute atomic E-state index is 11.7. The quantitative estimate of drug-likeness (QED) is 0.479. The first-order valence-electron chi connectivity index (χ1n) is 4.83. The summed E-state index contributed by atoms with van der Waals surface area (Å²) >= 11 is 0. The smallest absolute Gasteiger partial charge is 0.334 e. The number of morpholine rings is 1. The topological polar surface area (TPSA) is 46.6 Å².